The molecule has 0 aliphatic carbocycles. The highest BCUT2D eigenvalue weighted by atomic mass is 35.5. The second kappa shape index (κ2) is 9.79. The van der Waals surface area contributed by atoms with Crippen molar-refractivity contribution in [2.24, 2.45) is 0 Å². The number of carboxylic acid groups (broad SMARTS) is 1. The van der Waals surface area contributed by atoms with Gasteiger partial charge in [-0.3, -0.25) is 0 Å². The number of aryl methyl sites for hydroxylation is 1. The number of nitrogens with two attached hydrogens (primary N) is 2. The second-order valence-corrected chi connectivity index (χ2v) is 5.60. The van der Waals surface area contributed by atoms with Gasteiger partial charge in [0.2, 0.25) is 0 Å². The van der Waals surface area contributed by atoms with Gasteiger partial charge in [0.1, 0.15) is 22.8 Å². The van der Waals surface area contributed by atoms with Gasteiger partial charge in [0, 0.05) is 11.9 Å². The van der Waals surface area contributed by atoms with Crippen molar-refractivity contribution in [2.75, 3.05) is 18.1 Å². The zero-order valence-corrected chi connectivity index (χ0v) is 15.6. The Morgan fingerprint density at radius 1 is 1.15 bits per heavy atom. The molecule has 10 heteroatoms. The van der Waals surface area contributed by atoms with Gasteiger partial charge in [-0.1, -0.05) is 30.1 Å². The van der Waals surface area contributed by atoms with Crippen LogP contribution >= 0.6 is 23.2 Å². The Kier molecular flexibility index (Phi) is 8.08. The Hall–Kier alpha value is -2.58. The van der Waals surface area contributed by atoms with E-state index in [9.17, 15) is 9.59 Å². The first-order valence-electron chi connectivity index (χ1n) is 7.48. The van der Waals surface area contributed by atoms with E-state index in [1.807, 2.05) is 6.92 Å². The highest BCUT2D eigenvalue weighted by molar-refractivity contribution is 6.34. The lowest BCUT2D eigenvalue weighted by atomic mass is 10.2. The summed E-state index contributed by atoms with van der Waals surface area (Å²) < 4.78 is 4.75. The lowest BCUT2D eigenvalue weighted by molar-refractivity contribution is 0.0527. The molecule has 0 aliphatic heterocycles. The average Bonchev–Trinajstić information content (AvgIpc) is 2.54. The van der Waals surface area contributed by atoms with E-state index in [1.165, 1.54) is 18.3 Å². The quantitative estimate of drug-likeness (QED) is 0.664. The van der Waals surface area contributed by atoms with Gasteiger partial charge in [0.25, 0.3) is 0 Å². The molecule has 0 bridgehead atoms. The minimum atomic E-state index is -1.15. The van der Waals surface area contributed by atoms with Crippen molar-refractivity contribution in [2.45, 2.75) is 20.3 Å². The van der Waals surface area contributed by atoms with E-state index in [-0.39, 0.29) is 39.4 Å². The van der Waals surface area contributed by atoms with Crippen LogP contribution in [0.25, 0.3) is 0 Å². The van der Waals surface area contributed by atoms with E-state index >= 15 is 0 Å². The van der Waals surface area contributed by atoms with E-state index in [4.69, 9.17) is 44.5 Å². The number of pyridine rings is 2. The van der Waals surface area contributed by atoms with Crippen LogP contribution in [-0.2, 0) is 11.2 Å². The number of carboxylic acids is 1. The summed E-state index contributed by atoms with van der Waals surface area (Å²) in [4.78, 5) is 29.5. The van der Waals surface area contributed by atoms with E-state index in [2.05, 4.69) is 9.97 Å². The number of rotatable bonds is 4. The lowest BCUT2D eigenvalue weighted by Crippen LogP contribution is -2.09. The topological polar surface area (TPSA) is 141 Å². The molecule has 140 valence electrons. The van der Waals surface area contributed by atoms with Crippen molar-refractivity contribution in [3.63, 3.8) is 0 Å². The molecule has 0 spiro atoms. The third kappa shape index (κ3) is 5.47. The molecular weight excluding hydrogens is 383 g/mol. The van der Waals surface area contributed by atoms with Crippen LogP contribution in [0.4, 0.5) is 11.6 Å². The smallest absolute Gasteiger partial charge is 0.343 e. The number of nitrogens with zero attached hydrogens (tertiary/aromatic N) is 2. The molecule has 0 saturated carbocycles. The molecule has 0 amide bonds. The van der Waals surface area contributed by atoms with Gasteiger partial charge >= 0.3 is 11.9 Å². The Bertz CT molecular complexity index is 772. The van der Waals surface area contributed by atoms with Crippen LogP contribution in [0.5, 0.6) is 0 Å². The molecule has 0 unspecified atom stereocenters. The van der Waals surface area contributed by atoms with Gasteiger partial charge in [0.15, 0.2) is 0 Å². The van der Waals surface area contributed by atoms with Crippen molar-refractivity contribution >= 4 is 46.8 Å². The molecule has 5 N–H and O–H groups in total. The molecule has 2 rings (SSSR count). The maximum atomic E-state index is 11.3. The van der Waals surface area contributed by atoms with Crippen LogP contribution in [0.2, 0.25) is 10.0 Å². The Balaban J connectivity index is 0.000000260. The normalized spacial score (nSPS) is 9.85. The summed E-state index contributed by atoms with van der Waals surface area (Å²) in [6, 6.07) is 3.01. The third-order valence-electron chi connectivity index (χ3n) is 3.04. The summed E-state index contributed by atoms with van der Waals surface area (Å²) >= 11 is 11.4. The predicted molar refractivity (Wildman–Crippen MR) is 99.6 cm³/mol. The van der Waals surface area contributed by atoms with Crippen LogP contribution in [-0.4, -0.2) is 33.6 Å². The molecule has 0 radical (unpaired) electrons. The van der Waals surface area contributed by atoms with Crippen LogP contribution in [0.1, 0.15) is 40.3 Å². The molecule has 0 fully saturated rings. The minimum absolute atomic E-state index is 0.0307. The number of esters is 1. The van der Waals surface area contributed by atoms with Gasteiger partial charge in [0.05, 0.1) is 16.7 Å². The number of aromatic carboxylic acids is 1. The number of halogens is 2. The highest BCUT2D eigenvalue weighted by Gasteiger charge is 2.16. The fraction of sp³-hybridized carbons (Fsp3) is 0.250. The van der Waals surface area contributed by atoms with Gasteiger partial charge in [-0.2, -0.15) is 0 Å². The van der Waals surface area contributed by atoms with Crippen LogP contribution < -0.4 is 11.5 Å². The fourth-order valence-corrected chi connectivity index (χ4v) is 2.37. The third-order valence-corrected chi connectivity index (χ3v) is 3.65. The van der Waals surface area contributed by atoms with E-state index in [1.54, 1.807) is 6.92 Å². The molecule has 8 nitrogen and oxygen atoms in total. The summed E-state index contributed by atoms with van der Waals surface area (Å²) in [5.41, 5.74) is 11.6. The highest BCUT2D eigenvalue weighted by Crippen LogP contribution is 2.22. The zero-order chi connectivity index (χ0) is 19.9. The number of aromatic nitrogens is 2. The number of ether oxygens (including phenoxy) is 1. The molecule has 2 heterocycles. The van der Waals surface area contributed by atoms with Crippen molar-refractivity contribution in [3.05, 3.63) is 45.2 Å². The van der Waals surface area contributed by atoms with Gasteiger partial charge in [-0.25, -0.2) is 19.6 Å². The van der Waals surface area contributed by atoms with Gasteiger partial charge in [-0.15, -0.1) is 0 Å². The lowest BCUT2D eigenvalue weighted by Gasteiger charge is -2.05. The molecule has 26 heavy (non-hydrogen) atoms. The molecule has 0 aliphatic rings. The van der Waals surface area contributed by atoms with Gasteiger partial charge in [-0.05, 0) is 25.5 Å². The summed E-state index contributed by atoms with van der Waals surface area (Å²) in [6.45, 7) is 3.88. The fourth-order valence-electron chi connectivity index (χ4n) is 1.84. The van der Waals surface area contributed by atoms with Crippen LogP contribution in [0, 0.1) is 0 Å². The minimum Gasteiger partial charge on any atom is -0.478 e. The molecule has 2 aromatic rings. The zero-order valence-electron chi connectivity index (χ0n) is 14.1. The Labute approximate surface area is 160 Å². The number of carbonyl (C=O) groups excluding carboxylic acids is 1. The SMILES string of the molecule is CCOC(=O)c1c(Cl)ccnc1N.CCc1cc(Cl)c(C(=O)O)c(N)n1. The number of nitrogen functional groups attached to an aromatic ring is 2. The molecule has 0 aromatic carbocycles. The number of anilines is 2. The summed E-state index contributed by atoms with van der Waals surface area (Å²) in [5, 5.41) is 9.10. The first kappa shape index (κ1) is 21.5. The molecule has 0 atom stereocenters. The van der Waals surface area contributed by atoms with Crippen LogP contribution in [0.3, 0.4) is 0 Å². The largest absolute Gasteiger partial charge is 0.478 e. The standard InChI is InChI=1S/2C8H9ClN2O2/c1-2-13-8(12)6-5(9)3-4-11-7(6)10;1-2-4-3-5(9)6(8(12)13)7(10)11-4/h3-4H,2H2,1H3,(H2,10,11);3H,2H2,1H3,(H2,10,11)(H,12,13). The predicted octanol–water partition coefficient (Wildman–Crippen LogP) is 3.07. The van der Waals surface area contributed by atoms with Crippen molar-refractivity contribution < 1.29 is 19.4 Å². The first-order chi connectivity index (χ1) is 12.2. The van der Waals surface area contributed by atoms with Gasteiger partial charge < -0.3 is 21.3 Å². The summed E-state index contributed by atoms with van der Waals surface area (Å²) in [5.74, 6) is -1.64. The summed E-state index contributed by atoms with van der Waals surface area (Å²) in [6.07, 6.45) is 2.10. The Morgan fingerprint density at radius 3 is 2.27 bits per heavy atom. The maximum absolute atomic E-state index is 11.3. The molecular formula is C16H18Cl2N4O4. The maximum Gasteiger partial charge on any atom is 0.343 e. The van der Waals surface area contributed by atoms with E-state index in [0.29, 0.717) is 12.1 Å². The average molecular weight is 401 g/mol. The first-order valence-corrected chi connectivity index (χ1v) is 8.23. The monoisotopic (exact) mass is 400 g/mol. The van der Waals surface area contributed by atoms with Crippen molar-refractivity contribution in [1.82, 2.24) is 9.97 Å². The molecule has 2 aromatic heterocycles. The molecule has 0 saturated heterocycles. The second-order valence-electron chi connectivity index (χ2n) is 4.79. The summed E-state index contributed by atoms with van der Waals surface area (Å²) in [7, 11) is 0. The number of carbonyl (C=O) groups is 2. The number of hydrogen-bond donors (Lipinski definition) is 3. The van der Waals surface area contributed by atoms with Crippen molar-refractivity contribution in [1.29, 1.82) is 0 Å². The van der Waals surface area contributed by atoms with E-state index < -0.39 is 11.9 Å². The van der Waals surface area contributed by atoms with E-state index in [0.717, 1.165) is 0 Å². The number of hydrogen-bond acceptors (Lipinski definition) is 7. The van der Waals surface area contributed by atoms with Crippen molar-refractivity contribution in [3.8, 4) is 0 Å². The van der Waals surface area contributed by atoms with Crippen LogP contribution in [0.15, 0.2) is 18.3 Å². The Morgan fingerprint density at radius 2 is 1.81 bits per heavy atom.